The molecule has 2 bridgehead atoms. The standard InChI is InChI=1S/C10H15N3S/c11-10-12-4-9(14-10)6-13-5-7-1-2-8(13)3-7/h4,7-8H,1-3,5-6H2,(H2,11,12). The van der Waals surface area contributed by atoms with Crippen LogP contribution in [0.3, 0.4) is 0 Å². The Kier molecular flexibility index (Phi) is 1.99. The molecule has 0 aromatic carbocycles. The van der Waals surface area contributed by atoms with Crippen LogP contribution in [0.25, 0.3) is 0 Å². The van der Waals surface area contributed by atoms with Crippen molar-refractivity contribution in [3.63, 3.8) is 0 Å². The van der Waals surface area contributed by atoms with Gasteiger partial charge in [-0.05, 0) is 25.2 Å². The largest absolute Gasteiger partial charge is 0.375 e. The number of anilines is 1. The van der Waals surface area contributed by atoms with Crippen LogP contribution < -0.4 is 5.73 Å². The summed E-state index contributed by atoms with van der Waals surface area (Å²) in [6.07, 6.45) is 6.20. The fraction of sp³-hybridized carbons (Fsp3) is 0.700. The van der Waals surface area contributed by atoms with Gasteiger partial charge in [-0.2, -0.15) is 0 Å². The Balaban J connectivity index is 1.68. The molecule has 2 unspecified atom stereocenters. The summed E-state index contributed by atoms with van der Waals surface area (Å²) < 4.78 is 0. The van der Waals surface area contributed by atoms with Gasteiger partial charge in [0.2, 0.25) is 0 Å². The highest BCUT2D eigenvalue weighted by atomic mass is 32.1. The van der Waals surface area contributed by atoms with E-state index in [4.69, 9.17) is 5.73 Å². The first kappa shape index (κ1) is 8.68. The average molecular weight is 209 g/mol. The molecule has 1 aromatic rings. The van der Waals surface area contributed by atoms with Crippen LogP contribution >= 0.6 is 11.3 Å². The molecule has 0 amide bonds. The molecule has 2 N–H and O–H groups in total. The van der Waals surface area contributed by atoms with Crippen LogP contribution in [-0.4, -0.2) is 22.5 Å². The van der Waals surface area contributed by atoms with Crippen molar-refractivity contribution in [1.29, 1.82) is 0 Å². The lowest BCUT2D eigenvalue weighted by atomic mass is 10.1. The minimum absolute atomic E-state index is 0.698. The normalized spacial score (nSPS) is 31.4. The quantitative estimate of drug-likeness (QED) is 0.806. The molecule has 2 heterocycles. The summed E-state index contributed by atoms with van der Waals surface area (Å²) in [5.41, 5.74) is 5.62. The van der Waals surface area contributed by atoms with Crippen LogP contribution in [0, 0.1) is 5.92 Å². The number of hydrogen-bond acceptors (Lipinski definition) is 4. The van der Waals surface area contributed by atoms with Gasteiger partial charge in [-0.3, -0.25) is 4.90 Å². The van der Waals surface area contributed by atoms with Crippen LogP contribution in [0.15, 0.2) is 6.20 Å². The van der Waals surface area contributed by atoms with Crippen LogP contribution in [0.1, 0.15) is 24.1 Å². The van der Waals surface area contributed by atoms with E-state index in [2.05, 4.69) is 9.88 Å². The van der Waals surface area contributed by atoms with Gasteiger partial charge in [0.1, 0.15) is 0 Å². The zero-order valence-corrected chi connectivity index (χ0v) is 8.96. The maximum atomic E-state index is 5.62. The number of nitrogens with two attached hydrogens (primary N) is 1. The zero-order valence-electron chi connectivity index (χ0n) is 8.15. The number of nitrogens with zero attached hydrogens (tertiary/aromatic N) is 2. The number of piperidine rings is 1. The number of likely N-dealkylation sites (tertiary alicyclic amines) is 1. The van der Waals surface area contributed by atoms with E-state index in [0.29, 0.717) is 5.13 Å². The summed E-state index contributed by atoms with van der Waals surface area (Å²) in [7, 11) is 0. The van der Waals surface area contributed by atoms with E-state index in [1.807, 2.05) is 6.20 Å². The minimum Gasteiger partial charge on any atom is -0.375 e. The lowest BCUT2D eigenvalue weighted by molar-refractivity contribution is 0.207. The Hall–Kier alpha value is -0.610. The molecule has 0 spiro atoms. The molecule has 0 radical (unpaired) electrons. The van der Waals surface area contributed by atoms with Crippen molar-refractivity contribution in [2.45, 2.75) is 31.8 Å². The van der Waals surface area contributed by atoms with E-state index in [0.717, 1.165) is 18.5 Å². The van der Waals surface area contributed by atoms with Gasteiger partial charge in [-0.1, -0.05) is 0 Å². The summed E-state index contributed by atoms with van der Waals surface area (Å²) in [5.74, 6) is 0.977. The summed E-state index contributed by atoms with van der Waals surface area (Å²) in [6, 6.07) is 0.850. The predicted molar refractivity (Wildman–Crippen MR) is 58.1 cm³/mol. The second-order valence-corrected chi connectivity index (χ2v) is 5.57. The number of hydrogen-bond donors (Lipinski definition) is 1. The fourth-order valence-corrected chi connectivity index (χ4v) is 3.53. The van der Waals surface area contributed by atoms with E-state index in [1.165, 1.54) is 30.7 Å². The molecule has 1 saturated carbocycles. The van der Waals surface area contributed by atoms with Gasteiger partial charge in [-0.25, -0.2) is 4.98 Å². The molecule has 2 fully saturated rings. The molecule has 3 nitrogen and oxygen atoms in total. The number of rotatable bonds is 2. The minimum atomic E-state index is 0.698. The van der Waals surface area contributed by atoms with Gasteiger partial charge in [-0.15, -0.1) is 11.3 Å². The number of nitrogen functional groups attached to an aromatic ring is 1. The molecule has 14 heavy (non-hydrogen) atoms. The number of thiazole rings is 1. The molecule has 2 aliphatic rings. The Morgan fingerprint density at radius 1 is 1.57 bits per heavy atom. The lowest BCUT2D eigenvalue weighted by Crippen LogP contribution is -2.31. The van der Waals surface area contributed by atoms with Crippen molar-refractivity contribution < 1.29 is 0 Å². The van der Waals surface area contributed by atoms with Gasteiger partial charge in [0.05, 0.1) is 0 Å². The van der Waals surface area contributed by atoms with Crippen molar-refractivity contribution in [2.75, 3.05) is 12.3 Å². The van der Waals surface area contributed by atoms with E-state index in [9.17, 15) is 0 Å². The molecule has 1 saturated heterocycles. The highest BCUT2D eigenvalue weighted by Crippen LogP contribution is 2.38. The lowest BCUT2D eigenvalue weighted by Gasteiger charge is -2.25. The first-order valence-corrected chi connectivity index (χ1v) is 6.07. The van der Waals surface area contributed by atoms with Crippen molar-refractivity contribution in [3.05, 3.63) is 11.1 Å². The van der Waals surface area contributed by atoms with Crippen LogP contribution in [-0.2, 0) is 6.54 Å². The summed E-state index contributed by atoms with van der Waals surface area (Å²) in [6.45, 7) is 2.36. The van der Waals surface area contributed by atoms with Crippen LogP contribution in [0.5, 0.6) is 0 Å². The first-order valence-electron chi connectivity index (χ1n) is 5.25. The van der Waals surface area contributed by atoms with E-state index in [1.54, 1.807) is 11.3 Å². The van der Waals surface area contributed by atoms with E-state index >= 15 is 0 Å². The van der Waals surface area contributed by atoms with E-state index in [-0.39, 0.29) is 0 Å². The van der Waals surface area contributed by atoms with Crippen LogP contribution in [0.2, 0.25) is 0 Å². The summed E-state index contributed by atoms with van der Waals surface area (Å²) >= 11 is 1.63. The zero-order chi connectivity index (χ0) is 9.54. The van der Waals surface area contributed by atoms with Gasteiger partial charge < -0.3 is 5.73 Å². The Bertz CT molecular complexity index is 336. The van der Waals surface area contributed by atoms with Gasteiger partial charge in [0, 0.05) is 30.2 Å². The third-order valence-corrected chi connectivity index (χ3v) is 4.26. The second kappa shape index (κ2) is 3.21. The molecule has 1 aliphatic carbocycles. The highest BCUT2D eigenvalue weighted by Gasteiger charge is 2.37. The van der Waals surface area contributed by atoms with Crippen molar-refractivity contribution in [2.24, 2.45) is 5.92 Å². The summed E-state index contributed by atoms with van der Waals surface area (Å²) in [5, 5.41) is 0.698. The molecule has 1 aliphatic heterocycles. The fourth-order valence-electron chi connectivity index (χ4n) is 2.82. The molecule has 1 aromatic heterocycles. The monoisotopic (exact) mass is 209 g/mol. The number of fused-ring (bicyclic) bond motifs is 2. The Morgan fingerprint density at radius 2 is 2.50 bits per heavy atom. The molecular formula is C10H15N3S. The molecule has 2 atom stereocenters. The average Bonchev–Trinajstić information content (AvgIpc) is 2.82. The van der Waals surface area contributed by atoms with E-state index < -0.39 is 0 Å². The van der Waals surface area contributed by atoms with Crippen molar-refractivity contribution in [3.8, 4) is 0 Å². The maximum absolute atomic E-state index is 5.62. The topological polar surface area (TPSA) is 42.1 Å². The third kappa shape index (κ3) is 1.42. The molecule has 3 rings (SSSR count). The third-order valence-electron chi connectivity index (χ3n) is 3.45. The van der Waals surface area contributed by atoms with Gasteiger partial charge >= 0.3 is 0 Å². The molecule has 4 heteroatoms. The predicted octanol–water partition coefficient (Wildman–Crippen LogP) is 1.71. The van der Waals surface area contributed by atoms with Crippen molar-refractivity contribution >= 4 is 16.5 Å². The van der Waals surface area contributed by atoms with Gasteiger partial charge in [0.25, 0.3) is 0 Å². The SMILES string of the molecule is Nc1ncc(CN2CC3CCC2C3)s1. The molecule has 76 valence electrons. The smallest absolute Gasteiger partial charge is 0.180 e. The Morgan fingerprint density at radius 3 is 3.07 bits per heavy atom. The van der Waals surface area contributed by atoms with Crippen LogP contribution in [0.4, 0.5) is 5.13 Å². The highest BCUT2D eigenvalue weighted by molar-refractivity contribution is 7.15. The molecular weight excluding hydrogens is 194 g/mol. The second-order valence-electron chi connectivity index (χ2n) is 4.43. The van der Waals surface area contributed by atoms with Gasteiger partial charge in [0.15, 0.2) is 5.13 Å². The summed E-state index contributed by atoms with van der Waals surface area (Å²) in [4.78, 5) is 8.00. The van der Waals surface area contributed by atoms with Crippen molar-refractivity contribution in [1.82, 2.24) is 9.88 Å². The Labute approximate surface area is 87.9 Å². The first-order chi connectivity index (χ1) is 6.81. The maximum Gasteiger partial charge on any atom is 0.180 e. The number of aromatic nitrogens is 1.